The molecule has 3 N–H and O–H groups in total. The van der Waals surface area contributed by atoms with Crippen LogP contribution >= 0.6 is 0 Å². The van der Waals surface area contributed by atoms with Gasteiger partial charge in [-0.3, -0.25) is 24.4 Å². The molecule has 46 heavy (non-hydrogen) atoms. The monoisotopic (exact) mass is 624 g/mol. The van der Waals surface area contributed by atoms with Gasteiger partial charge in [-0.25, -0.2) is 0 Å². The lowest BCUT2D eigenvalue weighted by Gasteiger charge is -2.41. The van der Waals surface area contributed by atoms with E-state index in [2.05, 4.69) is 32.8 Å². The van der Waals surface area contributed by atoms with Crippen LogP contribution < -0.4 is 25.4 Å². The van der Waals surface area contributed by atoms with E-state index in [1.807, 2.05) is 38.1 Å². The third-order valence-electron chi connectivity index (χ3n) is 9.08. The molecule has 4 heterocycles. The highest BCUT2D eigenvalue weighted by Crippen LogP contribution is 2.36. The number of hydrogen-bond donors (Lipinski definition) is 3. The lowest BCUT2D eigenvalue weighted by molar-refractivity contribution is -0.137. The third kappa shape index (κ3) is 5.94. The number of nitrogens with zero attached hydrogens (tertiary/aromatic N) is 3. The van der Waals surface area contributed by atoms with Gasteiger partial charge in [-0.1, -0.05) is 20.8 Å². The molecule has 11 heteroatoms. The maximum Gasteiger partial charge on any atom is 0.253 e. The van der Waals surface area contributed by atoms with Crippen molar-refractivity contribution in [1.82, 2.24) is 30.8 Å². The minimum Gasteiger partial charge on any atom is -0.497 e. The molecule has 0 radical (unpaired) electrons. The van der Waals surface area contributed by atoms with Crippen molar-refractivity contribution in [3.8, 4) is 11.5 Å². The summed E-state index contributed by atoms with van der Waals surface area (Å²) in [5.74, 6) is 0.684. The summed E-state index contributed by atoms with van der Waals surface area (Å²) in [6, 6.07) is 11.0. The molecular weight excluding hydrogens is 584 g/mol. The average molecular weight is 625 g/mol. The molecule has 240 valence electrons. The van der Waals surface area contributed by atoms with Gasteiger partial charge in [0.15, 0.2) is 0 Å². The lowest BCUT2D eigenvalue weighted by atomic mass is 9.79. The van der Waals surface area contributed by atoms with Gasteiger partial charge in [0.25, 0.3) is 11.8 Å². The van der Waals surface area contributed by atoms with Crippen molar-refractivity contribution in [3.05, 3.63) is 71.0 Å². The van der Waals surface area contributed by atoms with Gasteiger partial charge < -0.3 is 30.3 Å². The fourth-order valence-corrected chi connectivity index (χ4v) is 6.27. The number of likely N-dealkylation sites (tertiary alicyclic amines) is 1. The number of aryl methyl sites for hydroxylation is 1. The van der Waals surface area contributed by atoms with Crippen LogP contribution in [0.5, 0.6) is 11.5 Å². The van der Waals surface area contributed by atoms with Crippen molar-refractivity contribution in [1.29, 1.82) is 0 Å². The van der Waals surface area contributed by atoms with E-state index in [9.17, 15) is 14.4 Å². The van der Waals surface area contributed by atoms with Gasteiger partial charge in [-0.05, 0) is 59.4 Å². The number of pyridine rings is 2. The Morgan fingerprint density at radius 3 is 2.00 bits per heavy atom. The molecule has 6 rings (SSSR count). The van der Waals surface area contributed by atoms with Crippen molar-refractivity contribution in [3.63, 3.8) is 0 Å². The van der Waals surface area contributed by atoms with E-state index in [1.165, 1.54) is 0 Å². The summed E-state index contributed by atoms with van der Waals surface area (Å²) in [6.07, 6.45) is 4.46. The number of hydrogen-bond acceptors (Lipinski definition) is 8. The number of benzene rings is 2. The van der Waals surface area contributed by atoms with Crippen molar-refractivity contribution < 1.29 is 23.9 Å². The summed E-state index contributed by atoms with van der Waals surface area (Å²) in [5.41, 5.74) is 3.51. The standard InChI is InChI=1S/C35H40N6O5/c1-6-20-7-9-37-31-25(20)11-23(45-4)13-27(31)34(44)40-22-18-41(19-22)30(42)15-35(2,3)29-8-10-38-32-26(29)12-24(46-5)14-28(32)33(43)39-21-16-36-17-21/h7-14,21-22,36H,6,15-19H2,1-5H3,(H,39,43)(H,40,44). The second kappa shape index (κ2) is 12.6. The van der Waals surface area contributed by atoms with Crippen molar-refractivity contribution >= 4 is 39.5 Å². The molecule has 0 aliphatic carbocycles. The lowest BCUT2D eigenvalue weighted by Crippen LogP contribution is -2.61. The van der Waals surface area contributed by atoms with Crippen molar-refractivity contribution in [2.45, 2.75) is 51.1 Å². The minimum atomic E-state index is -0.577. The predicted molar refractivity (Wildman–Crippen MR) is 176 cm³/mol. The van der Waals surface area contributed by atoms with Crippen LogP contribution in [-0.2, 0) is 16.6 Å². The number of ether oxygens (including phenoxy) is 2. The Balaban J connectivity index is 1.15. The zero-order valence-corrected chi connectivity index (χ0v) is 26.9. The molecular formula is C35H40N6O5. The van der Waals surface area contributed by atoms with E-state index >= 15 is 0 Å². The van der Waals surface area contributed by atoms with Crippen LogP contribution in [0.15, 0.2) is 48.8 Å². The molecule has 0 atom stereocenters. The Kier molecular flexibility index (Phi) is 8.52. The molecule has 0 bridgehead atoms. The number of nitrogens with one attached hydrogen (secondary N) is 3. The molecule has 2 fully saturated rings. The number of rotatable bonds is 10. The van der Waals surface area contributed by atoms with E-state index < -0.39 is 5.41 Å². The van der Waals surface area contributed by atoms with E-state index in [-0.39, 0.29) is 36.2 Å². The second-order valence-corrected chi connectivity index (χ2v) is 12.7. The van der Waals surface area contributed by atoms with Crippen LogP contribution in [0.2, 0.25) is 0 Å². The molecule has 3 amide bonds. The Morgan fingerprint density at radius 1 is 0.870 bits per heavy atom. The van der Waals surface area contributed by atoms with Crippen LogP contribution in [-0.4, -0.2) is 85.1 Å². The van der Waals surface area contributed by atoms with Gasteiger partial charge in [-0.15, -0.1) is 0 Å². The Hall–Kier alpha value is -4.77. The maximum atomic E-state index is 13.5. The average Bonchev–Trinajstić information content (AvgIpc) is 3.01. The van der Waals surface area contributed by atoms with Gasteiger partial charge in [0, 0.05) is 55.8 Å². The molecule has 2 aromatic heterocycles. The van der Waals surface area contributed by atoms with E-state index in [0.29, 0.717) is 46.7 Å². The van der Waals surface area contributed by atoms with Crippen molar-refractivity contribution in [2.24, 2.45) is 0 Å². The largest absolute Gasteiger partial charge is 0.497 e. The Bertz CT molecular complexity index is 1830. The summed E-state index contributed by atoms with van der Waals surface area (Å²) in [4.78, 5) is 50.9. The van der Waals surface area contributed by atoms with Gasteiger partial charge >= 0.3 is 0 Å². The molecule has 2 aliphatic heterocycles. The number of carbonyl (C=O) groups excluding carboxylic acids is 3. The summed E-state index contributed by atoms with van der Waals surface area (Å²) < 4.78 is 11.0. The SMILES string of the molecule is CCc1ccnc2c(C(=O)NC3CN(C(=O)CC(C)(C)c4ccnc5c(C(=O)NC6CNC6)cc(OC)cc45)C3)cc(OC)cc12. The molecule has 2 aromatic carbocycles. The fraction of sp³-hybridized carbons (Fsp3) is 0.400. The first-order valence-electron chi connectivity index (χ1n) is 15.6. The van der Waals surface area contributed by atoms with Crippen LogP contribution in [0.4, 0.5) is 0 Å². The zero-order valence-electron chi connectivity index (χ0n) is 26.9. The van der Waals surface area contributed by atoms with Gasteiger partial charge in [0.05, 0.1) is 48.5 Å². The minimum absolute atomic E-state index is 0.0140. The van der Waals surface area contributed by atoms with Gasteiger partial charge in [0.2, 0.25) is 5.91 Å². The maximum absolute atomic E-state index is 13.5. The first kappa shape index (κ1) is 31.2. The quantitative estimate of drug-likeness (QED) is 0.245. The van der Waals surface area contributed by atoms with Crippen LogP contribution in [0.1, 0.15) is 59.0 Å². The van der Waals surface area contributed by atoms with Gasteiger partial charge in [0.1, 0.15) is 11.5 Å². The molecule has 2 saturated heterocycles. The number of aromatic nitrogens is 2. The highest BCUT2D eigenvalue weighted by atomic mass is 16.5. The molecule has 2 aliphatic rings. The second-order valence-electron chi connectivity index (χ2n) is 12.7. The summed E-state index contributed by atoms with van der Waals surface area (Å²) >= 11 is 0. The molecule has 0 spiro atoms. The number of carbonyl (C=O) groups is 3. The first-order valence-corrected chi connectivity index (χ1v) is 15.6. The van der Waals surface area contributed by atoms with E-state index in [1.54, 1.807) is 43.6 Å². The summed E-state index contributed by atoms with van der Waals surface area (Å²) in [6.45, 7) is 8.40. The highest BCUT2D eigenvalue weighted by Gasteiger charge is 2.36. The number of methoxy groups -OCH3 is 2. The Morgan fingerprint density at radius 2 is 1.43 bits per heavy atom. The number of fused-ring (bicyclic) bond motifs is 2. The van der Waals surface area contributed by atoms with Crippen LogP contribution in [0.25, 0.3) is 21.8 Å². The van der Waals surface area contributed by atoms with Crippen LogP contribution in [0.3, 0.4) is 0 Å². The van der Waals surface area contributed by atoms with E-state index in [0.717, 1.165) is 41.4 Å². The Labute approximate surface area is 268 Å². The normalized spacial score (nSPS) is 15.3. The fourth-order valence-electron chi connectivity index (χ4n) is 6.27. The molecule has 11 nitrogen and oxygen atoms in total. The number of amides is 3. The van der Waals surface area contributed by atoms with Gasteiger partial charge in [-0.2, -0.15) is 0 Å². The van der Waals surface area contributed by atoms with Crippen LogP contribution in [0, 0.1) is 0 Å². The topological polar surface area (TPSA) is 135 Å². The molecule has 0 saturated carbocycles. The first-order chi connectivity index (χ1) is 22.1. The van der Waals surface area contributed by atoms with E-state index in [4.69, 9.17) is 9.47 Å². The summed E-state index contributed by atoms with van der Waals surface area (Å²) in [7, 11) is 3.15. The van der Waals surface area contributed by atoms with Crippen molar-refractivity contribution in [2.75, 3.05) is 40.4 Å². The smallest absolute Gasteiger partial charge is 0.253 e. The predicted octanol–water partition coefficient (Wildman–Crippen LogP) is 3.37. The molecule has 0 unspecified atom stereocenters. The molecule has 4 aromatic rings. The highest BCUT2D eigenvalue weighted by molar-refractivity contribution is 6.08. The zero-order chi connectivity index (χ0) is 32.6. The summed E-state index contributed by atoms with van der Waals surface area (Å²) in [5, 5.41) is 11.0. The third-order valence-corrected chi connectivity index (χ3v) is 9.08.